The fraction of sp³-hybridized carbons (Fsp3) is 0.294. The van der Waals surface area contributed by atoms with E-state index in [9.17, 15) is 13.2 Å². The number of carbonyl (C=O) groups excluding carboxylic acids is 1. The van der Waals surface area contributed by atoms with Crippen LogP contribution in [0.3, 0.4) is 0 Å². The van der Waals surface area contributed by atoms with Crippen LogP contribution in [0.1, 0.15) is 16.1 Å². The molecule has 1 fully saturated rings. The van der Waals surface area contributed by atoms with Gasteiger partial charge in [-0.2, -0.15) is 5.10 Å². The van der Waals surface area contributed by atoms with E-state index < -0.39 is 15.9 Å². The maximum Gasteiger partial charge on any atom is 0.261 e. The highest BCUT2D eigenvalue weighted by Gasteiger charge is 2.32. The van der Waals surface area contributed by atoms with Gasteiger partial charge in [-0.05, 0) is 24.6 Å². The number of amides is 1. The predicted octanol–water partition coefficient (Wildman–Crippen LogP) is 1.96. The molecule has 2 atom stereocenters. The molecular formula is C17H17ClN4O3S2. The lowest BCUT2D eigenvalue weighted by molar-refractivity contribution is 0.0938. The van der Waals surface area contributed by atoms with Crippen molar-refractivity contribution >= 4 is 44.2 Å². The highest BCUT2D eigenvalue weighted by molar-refractivity contribution is 7.91. The van der Waals surface area contributed by atoms with E-state index in [2.05, 4.69) is 10.4 Å². The Hall–Kier alpha value is -1.94. The topological polar surface area (TPSA) is 107 Å². The van der Waals surface area contributed by atoms with E-state index in [4.69, 9.17) is 17.3 Å². The van der Waals surface area contributed by atoms with Gasteiger partial charge >= 0.3 is 0 Å². The molecule has 1 aliphatic heterocycles. The number of thiophene rings is 1. The lowest BCUT2D eigenvalue weighted by Crippen LogP contribution is -2.55. The third-order valence-electron chi connectivity index (χ3n) is 4.66. The number of fused-ring (bicyclic) bond motifs is 1. The first kappa shape index (κ1) is 18.4. The number of nitrogens with one attached hydrogen (secondary N) is 1. The fourth-order valence-corrected chi connectivity index (χ4v) is 6.07. The minimum Gasteiger partial charge on any atom is -0.346 e. The van der Waals surface area contributed by atoms with E-state index >= 15 is 0 Å². The quantitative estimate of drug-likeness (QED) is 0.668. The van der Waals surface area contributed by atoms with Gasteiger partial charge in [0.2, 0.25) is 0 Å². The zero-order valence-electron chi connectivity index (χ0n) is 14.1. The van der Waals surface area contributed by atoms with E-state index in [1.54, 1.807) is 16.8 Å². The number of nitrogens with two attached hydrogens (primary N) is 1. The lowest BCUT2D eigenvalue weighted by atomic mass is 10.1. The van der Waals surface area contributed by atoms with Gasteiger partial charge in [-0.1, -0.05) is 17.7 Å². The first-order valence-corrected chi connectivity index (χ1v) is 11.3. The van der Waals surface area contributed by atoms with Crippen molar-refractivity contribution in [3.05, 3.63) is 45.9 Å². The number of hydrogen-bond acceptors (Lipinski definition) is 6. The number of carbonyl (C=O) groups is 1. The molecule has 3 aromatic heterocycles. The molecule has 1 saturated heterocycles. The molecule has 142 valence electrons. The van der Waals surface area contributed by atoms with Gasteiger partial charge in [0.1, 0.15) is 4.34 Å². The molecule has 1 amide bonds. The predicted molar refractivity (Wildman–Crippen MR) is 106 cm³/mol. The summed E-state index contributed by atoms with van der Waals surface area (Å²) in [5, 5.41) is 7.04. The van der Waals surface area contributed by atoms with Crippen LogP contribution in [0.5, 0.6) is 0 Å². The molecule has 4 rings (SSSR count). The Labute approximate surface area is 165 Å². The van der Waals surface area contributed by atoms with Crippen LogP contribution in [-0.2, 0) is 9.84 Å². The summed E-state index contributed by atoms with van der Waals surface area (Å²) in [5.74, 6) is -0.452. The van der Waals surface area contributed by atoms with E-state index in [-0.39, 0.29) is 23.5 Å². The van der Waals surface area contributed by atoms with Gasteiger partial charge in [0, 0.05) is 23.4 Å². The largest absolute Gasteiger partial charge is 0.346 e. The van der Waals surface area contributed by atoms with Crippen LogP contribution in [0.4, 0.5) is 0 Å². The number of nitrogens with zero attached hydrogens (tertiary/aromatic N) is 2. The van der Waals surface area contributed by atoms with Gasteiger partial charge in [-0.25, -0.2) is 12.9 Å². The van der Waals surface area contributed by atoms with Gasteiger partial charge in [-0.15, -0.1) is 11.3 Å². The van der Waals surface area contributed by atoms with Gasteiger partial charge in [0.25, 0.3) is 5.91 Å². The second-order valence-corrected chi connectivity index (χ2v) is 10.4. The molecule has 4 heterocycles. The zero-order valence-corrected chi connectivity index (χ0v) is 16.5. The van der Waals surface area contributed by atoms with Crippen molar-refractivity contribution in [3.63, 3.8) is 0 Å². The van der Waals surface area contributed by atoms with Crippen LogP contribution in [0.15, 0.2) is 36.7 Å². The highest BCUT2D eigenvalue weighted by atomic mass is 35.5. The van der Waals surface area contributed by atoms with E-state index in [1.807, 2.05) is 24.4 Å². The normalized spacial score (nSPS) is 22.0. The Morgan fingerprint density at radius 1 is 1.37 bits per heavy atom. The molecule has 27 heavy (non-hydrogen) atoms. The Morgan fingerprint density at radius 3 is 3.00 bits per heavy atom. The molecule has 10 heteroatoms. The first-order chi connectivity index (χ1) is 12.8. The molecule has 0 saturated carbocycles. The SMILES string of the molecule is N[C@H]1CCS(=O)(=O)C[C@H]1NC(=O)c1cc(-c2cnn3ccccc23)c(Cl)s1. The second kappa shape index (κ2) is 6.90. The molecule has 0 radical (unpaired) electrons. The molecule has 0 spiro atoms. The Balaban J connectivity index is 1.60. The van der Waals surface area contributed by atoms with E-state index in [1.165, 1.54) is 0 Å². The van der Waals surface area contributed by atoms with Crippen molar-refractivity contribution in [3.8, 4) is 11.1 Å². The molecule has 7 nitrogen and oxygen atoms in total. The molecule has 0 aliphatic carbocycles. The summed E-state index contributed by atoms with van der Waals surface area (Å²) in [5.41, 5.74) is 8.41. The summed E-state index contributed by atoms with van der Waals surface area (Å²) >= 11 is 7.52. The van der Waals surface area contributed by atoms with Crippen molar-refractivity contribution in [1.82, 2.24) is 14.9 Å². The molecule has 3 N–H and O–H groups in total. The third kappa shape index (κ3) is 3.60. The average molecular weight is 425 g/mol. The fourth-order valence-electron chi connectivity index (χ4n) is 3.19. The van der Waals surface area contributed by atoms with Crippen molar-refractivity contribution in [2.75, 3.05) is 11.5 Å². The summed E-state index contributed by atoms with van der Waals surface area (Å²) in [6, 6.07) is 6.42. The number of sulfone groups is 1. The number of aromatic nitrogens is 2. The standard InChI is InChI=1S/C17H17ClN4O3S2/c18-16-10(11-8-20-22-5-2-1-3-14(11)22)7-15(26-16)17(23)21-13-9-27(24,25)6-4-12(13)19/h1-3,5,7-8,12-13H,4,6,9,19H2,(H,21,23)/t12-,13+/m0/s1. The summed E-state index contributed by atoms with van der Waals surface area (Å²) in [6.45, 7) is 0. The van der Waals surface area contributed by atoms with Crippen LogP contribution in [0.2, 0.25) is 4.34 Å². The molecule has 0 aromatic carbocycles. The minimum absolute atomic E-state index is 0.0598. The maximum atomic E-state index is 12.6. The number of halogens is 1. The smallest absolute Gasteiger partial charge is 0.261 e. The molecule has 0 unspecified atom stereocenters. The van der Waals surface area contributed by atoms with Crippen LogP contribution in [0, 0.1) is 0 Å². The Bertz CT molecular complexity index is 1120. The highest BCUT2D eigenvalue weighted by Crippen LogP contribution is 2.37. The van der Waals surface area contributed by atoms with Crippen molar-refractivity contribution < 1.29 is 13.2 Å². The number of rotatable bonds is 3. The van der Waals surface area contributed by atoms with Crippen molar-refractivity contribution in [2.45, 2.75) is 18.5 Å². The summed E-state index contributed by atoms with van der Waals surface area (Å²) < 4.78 is 25.9. The van der Waals surface area contributed by atoms with Crippen LogP contribution in [0.25, 0.3) is 16.6 Å². The summed E-state index contributed by atoms with van der Waals surface area (Å²) in [6.07, 6.45) is 3.87. The number of pyridine rings is 1. The van der Waals surface area contributed by atoms with E-state index in [0.717, 1.165) is 22.4 Å². The lowest BCUT2D eigenvalue weighted by Gasteiger charge is -2.28. The van der Waals surface area contributed by atoms with Gasteiger partial charge < -0.3 is 11.1 Å². The maximum absolute atomic E-state index is 12.6. The van der Waals surface area contributed by atoms with Crippen LogP contribution >= 0.6 is 22.9 Å². The minimum atomic E-state index is -3.18. The van der Waals surface area contributed by atoms with Gasteiger partial charge in [0.05, 0.1) is 34.1 Å². The third-order valence-corrected chi connectivity index (χ3v) is 7.74. The summed E-state index contributed by atoms with van der Waals surface area (Å²) in [7, 11) is -3.18. The molecular weight excluding hydrogens is 408 g/mol. The monoisotopic (exact) mass is 424 g/mol. The molecule has 3 aromatic rings. The number of hydrogen-bond donors (Lipinski definition) is 2. The van der Waals surface area contributed by atoms with E-state index in [0.29, 0.717) is 21.2 Å². The van der Waals surface area contributed by atoms with Gasteiger partial charge in [-0.3, -0.25) is 4.79 Å². The van der Waals surface area contributed by atoms with Crippen molar-refractivity contribution in [1.29, 1.82) is 0 Å². The average Bonchev–Trinajstić information content (AvgIpc) is 3.21. The molecule has 0 bridgehead atoms. The Kier molecular flexibility index (Phi) is 4.71. The zero-order chi connectivity index (χ0) is 19.2. The summed E-state index contributed by atoms with van der Waals surface area (Å²) in [4.78, 5) is 13.0. The van der Waals surface area contributed by atoms with Crippen molar-refractivity contribution in [2.24, 2.45) is 5.73 Å². The second-order valence-electron chi connectivity index (χ2n) is 6.53. The van der Waals surface area contributed by atoms with Crippen LogP contribution < -0.4 is 11.1 Å². The first-order valence-electron chi connectivity index (χ1n) is 8.33. The van der Waals surface area contributed by atoms with Gasteiger partial charge in [0.15, 0.2) is 9.84 Å². The van der Waals surface area contributed by atoms with Crippen LogP contribution in [-0.4, -0.2) is 47.5 Å². The Morgan fingerprint density at radius 2 is 2.19 bits per heavy atom. The molecule has 1 aliphatic rings.